The first-order valence-corrected chi connectivity index (χ1v) is 6.83. The Kier molecular flexibility index (Phi) is 3.40. The lowest BCUT2D eigenvalue weighted by atomic mass is 10.3. The molecule has 3 N–H and O–H groups in total. The number of rotatable bonds is 3. The Morgan fingerprint density at radius 1 is 1.17 bits per heavy atom. The highest BCUT2D eigenvalue weighted by Gasteiger charge is 2.13. The molecule has 0 aliphatic heterocycles. The topological polar surface area (TPSA) is 85.1 Å². The van der Waals surface area contributed by atoms with Crippen molar-refractivity contribution in [3.05, 3.63) is 47.7 Å². The van der Waals surface area contributed by atoms with Crippen LogP contribution in [-0.2, 0) is 10.0 Å². The summed E-state index contributed by atoms with van der Waals surface area (Å²) in [7, 11) is -3.64. The molecular formula is C11H10ClN3O2S. The van der Waals surface area contributed by atoms with Crippen molar-refractivity contribution in [2.75, 3.05) is 10.5 Å². The quantitative estimate of drug-likeness (QED) is 0.667. The lowest BCUT2D eigenvalue weighted by Crippen LogP contribution is -2.12. The van der Waals surface area contributed by atoms with E-state index in [-0.39, 0.29) is 10.0 Å². The zero-order valence-electron chi connectivity index (χ0n) is 9.17. The van der Waals surface area contributed by atoms with Gasteiger partial charge in [0.2, 0.25) is 0 Å². The largest absolute Gasteiger partial charge is 0.399 e. The number of nitrogens with one attached hydrogen (secondary N) is 1. The van der Waals surface area contributed by atoms with Crippen LogP contribution in [0.5, 0.6) is 0 Å². The number of pyridine rings is 1. The van der Waals surface area contributed by atoms with Gasteiger partial charge in [-0.1, -0.05) is 11.6 Å². The van der Waals surface area contributed by atoms with E-state index in [0.29, 0.717) is 11.4 Å². The van der Waals surface area contributed by atoms with E-state index in [1.165, 1.54) is 42.6 Å². The molecule has 2 rings (SSSR count). The van der Waals surface area contributed by atoms with Crippen LogP contribution in [-0.4, -0.2) is 13.4 Å². The third-order valence-corrected chi connectivity index (χ3v) is 3.77. The van der Waals surface area contributed by atoms with E-state index < -0.39 is 10.0 Å². The molecule has 0 radical (unpaired) electrons. The molecule has 0 aliphatic carbocycles. The van der Waals surface area contributed by atoms with Crippen molar-refractivity contribution in [1.82, 2.24) is 4.98 Å². The molecule has 0 amide bonds. The molecule has 2 aromatic rings. The molecule has 0 spiro atoms. The Morgan fingerprint density at radius 3 is 2.44 bits per heavy atom. The Balaban J connectivity index is 2.30. The maximum absolute atomic E-state index is 12.0. The number of benzene rings is 1. The molecule has 0 bridgehead atoms. The van der Waals surface area contributed by atoms with Crippen LogP contribution in [0.15, 0.2) is 47.5 Å². The van der Waals surface area contributed by atoms with Crippen LogP contribution in [0.1, 0.15) is 0 Å². The van der Waals surface area contributed by atoms with Gasteiger partial charge < -0.3 is 5.73 Å². The number of halogens is 1. The van der Waals surface area contributed by atoms with E-state index in [1.807, 2.05) is 0 Å². The highest BCUT2D eigenvalue weighted by molar-refractivity contribution is 7.92. The molecular weight excluding hydrogens is 274 g/mol. The van der Waals surface area contributed by atoms with Gasteiger partial charge in [0, 0.05) is 11.9 Å². The van der Waals surface area contributed by atoms with Gasteiger partial charge in [0.15, 0.2) is 0 Å². The molecule has 5 nitrogen and oxygen atoms in total. The summed E-state index contributed by atoms with van der Waals surface area (Å²) in [6, 6.07) is 8.85. The van der Waals surface area contributed by atoms with E-state index in [1.54, 1.807) is 0 Å². The zero-order valence-corrected chi connectivity index (χ0v) is 10.7. The third-order valence-electron chi connectivity index (χ3n) is 2.17. The van der Waals surface area contributed by atoms with Crippen molar-refractivity contribution in [3.8, 4) is 0 Å². The molecule has 0 fully saturated rings. The molecule has 1 aromatic carbocycles. The fourth-order valence-corrected chi connectivity index (χ4v) is 2.55. The van der Waals surface area contributed by atoms with Crippen LogP contribution < -0.4 is 10.5 Å². The molecule has 94 valence electrons. The third kappa shape index (κ3) is 2.91. The smallest absolute Gasteiger partial charge is 0.261 e. The molecule has 0 aliphatic rings. The molecule has 0 saturated heterocycles. The number of nitrogen functional groups attached to an aromatic ring is 1. The first-order valence-electron chi connectivity index (χ1n) is 4.97. The van der Waals surface area contributed by atoms with Crippen molar-refractivity contribution in [2.24, 2.45) is 0 Å². The summed E-state index contributed by atoms with van der Waals surface area (Å²) in [5, 5.41) is 0.215. The molecule has 7 heteroatoms. The van der Waals surface area contributed by atoms with Crippen molar-refractivity contribution in [2.45, 2.75) is 4.90 Å². The normalized spacial score (nSPS) is 11.2. The fraction of sp³-hybridized carbons (Fsp3) is 0. The van der Waals surface area contributed by atoms with Crippen molar-refractivity contribution >= 4 is 33.0 Å². The number of aromatic nitrogens is 1. The number of nitrogens with two attached hydrogens (primary N) is 1. The van der Waals surface area contributed by atoms with Crippen LogP contribution in [0.25, 0.3) is 0 Å². The minimum absolute atomic E-state index is 0.129. The average Bonchev–Trinajstić information content (AvgIpc) is 2.29. The Bertz CT molecular complexity index is 656. The first kappa shape index (κ1) is 12.7. The van der Waals surface area contributed by atoms with Gasteiger partial charge in [-0.05, 0) is 36.4 Å². The van der Waals surface area contributed by atoms with Gasteiger partial charge in [0.05, 0.1) is 10.6 Å². The van der Waals surface area contributed by atoms with Crippen LogP contribution in [0.3, 0.4) is 0 Å². The van der Waals surface area contributed by atoms with E-state index in [2.05, 4.69) is 9.71 Å². The van der Waals surface area contributed by atoms with Gasteiger partial charge >= 0.3 is 0 Å². The van der Waals surface area contributed by atoms with Gasteiger partial charge in [0.1, 0.15) is 5.15 Å². The lowest BCUT2D eigenvalue weighted by molar-refractivity contribution is 0.601. The summed E-state index contributed by atoms with van der Waals surface area (Å²) in [5.41, 5.74) is 6.36. The summed E-state index contributed by atoms with van der Waals surface area (Å²) in [6.45, 7) is 0. The van der Waals surface area contributed by atoms with Crippen molar-refractivity contribution < 1.29 is 8.42 Å². The summed E-state index contributed by atoms with van der Waals surface area (Å²) < 4.78 is 26.4. The summed E-state index contributed by atoms with van der Waals surface area (Å²) in [6.07, 6.45) is 1.42. The number of anilines is 2. The van der Waals surface area contributed by atoms with Crippen molar-refractivity contribution in [3.63, 3.8) is 0 Å². The zero-order chi connectivity index (χ0) is 13.2. The predicted octanol–water partition coefficient (Wildman–Crippen LogP) is 2.12. The highest BCUT2D eigenvalue weighted by atomic mass is 35.5. The SMILES string of the molecule is Nc1ccc(S(=O)(=O)Nc2ccnc(Cl)c2)cc1. The highest BCUT2D eigenvalue weighted by Crippen LogP contribution is 2.18. The second-order valence-electron chi connectivity index (χ2n) is 3.54. The standard InChI is InChI=1S/C11H10ClN3O2S/c12-11-7-9(5-6-14-11)15-18(16,17)10-3-1-8(13)2-4-10/h1-7H,13H2,(H,14,15). The maximum Gasteiger partial charge on any atom is 0.261 e. The monoisotopic (exact) mass is 283 g/mol. The van der Waals surface area contributed by atoms with Crippen LogP contribution in [0, 0.1) is 0 Å². The summed E-state index contributed by atoms with van der Waals surface area (Å²) >= 11 is 5.68. The van der Waals surface area contributed by atoms with E-state index >= 15 is 0 Å². The second kappa shape index (κ2) is 4.83. The number of nitrogens with zero attached hydrogens (tertiary/aromatic N) is 1. The second-order valence-corrected chi connectivity index (χ2v) is 5.61. The number of hydrogen-bond acceptors (Lipinski definition) is 4. The molecule has 0 saturated carbocycles. The maximum atomic E-state index is 12.0. The lowest BCUT2D eigenvalue weighted by Gasteiger charge is -2.08. The first-order chi connectivity index (χ1) is 8.47. The molecule has 0 unspecified atom stereocenters. The van der Waals surface area contributed by atoms with Gasteiger partial charge in [-0.15, -0.1) is 0 Å². The molecule has 1 heterocycles. The van der Waals surface area contributed by atoms with E-state index in [9.17, 15) is 8.42 Å². The summed E-state index contributed by atoms with van der Waals surface area (Å²) in [4.78, 5) is 3.90. The van der Waals surface area contributed by atoms with Crippen LogP contribution >= 0.6 is 11.6 Å². The molecule has 1 aromatic heterocycles. The fourth-order valence-electron chi connectivity index (χ4n) is 1.33. The van der Waals surface area contributed by atoms with E-state index in [0.717, 1.165) is 0 Å². The number of sulfonamides is 1. The van der Waals surface area contributed by atoms with Gasteiger partial charge in [-0.25, -0.2) is 13.4 Å². The predicted molar refractivity (Wildman–Crippen MR) is 70.9 cm³/mol. The molecule has 0 atom stereocenters. The average molecular weight is 284 g/mol. The van der Waals surface area contributed by atoms with Gasteiger partial charge in [0.25, 0.3) is 10.0 Å². The number of hydrogen-bond donors (Lipinski definition) is 2. The Morgan fingerprint density at radius 2 is 1.83 bits per heavy atom. The van der Waals surface area contributed by atoms with Gasteiger partial charge in [-0.2, -0.15) is 0 Å². The van der Waals surface area contributed by atoms with E-state index in [4.69, 9.17) is 17.3 Å². The van der Waals surface area contributed by atoms with Crippen molar-refractivity contribution in [1.29, 1.82) is 0 Å². The summed E-state index contributed by atoms with van der Waals surface area (Å²) in [5.74, 6) is 0. The Labute approximate surface area is 110 Å². The minimum Gasteiger partial charge on any atom is -0.399 e. The van der Waals surface area contributed by atoms with Crippen LogP contribution in [0.4, 0.5) is 11.4 Å². The molecule has 18 heavy (non-hydrogen) atoms. The van der Waals surface area contributed by atoms with Crippen LogP contribution in [0.2, 0.25) is 5.15 Å². The minimum atomic E-state index is -3.64. The Hall–Kier alpha value is -1.79. The van der Waals surface area contributed by atoms with Gasteiger partial charge in [-0.3, -0.25) is 4.72 Å².